The maximum Gasteiger partial charge on any atom is 0.317 e. The summed E-state index contributed by atoms with van der Waals surface area (Å²) >= 11 is 0. The van der Waals surface area contributed by atoms with Crippen LogP contribution in [0.1, 0.15) is 37.5 Å². The van der Waals surface area contributed by atoms with Crippen LogP contribution in [0.25, 0.3) is 0 Å². The number of likely N-dealkylation sites (N-methyl/N-ethyl adjacent to an activating group) is 1. The van der Waals surface area contributed by atoms with Crippen LogP contribution in [0, 0.1) is 13.8 Å². The number of carbonyl (C=O) groups excluding carboxylic acids is 1. The predicted octanol–water partition coefficient (Wildman–Crippen LogP) is 2.61. The molecule has 0 saturated carbocycles. The standard InChI is InChI=1S/C16H26N2O2/c1-6-18(11-16(4,5)20)15(19)17-10-14-8-7-12(2)9-13(14)3/h7-9,20H,6,10-11H2,1-5H3,(H,17,19). The molecule has 1 rings (SSSR count). The van der Waals surface area contributed by atoms with Gasteiger partial charge >= 0.3 is 6.03 Å². The van der Waals surface area contributed by atoms with Crippen LogP contribution in [0.4, 0.5) is 4.79 Å². The number of amides is 2. The van der Waals surface area contributed by atoms with Crippen molar-refractivity contribution in [2.75, 3.05) is 13.1 Å². The first-order valence-electron chi connectivity index (χ1n) is 7.04. The van der Waals surface area contributed by atoms with Crippen LogP contribution >= 0.6 is 0 Å². The summed E-state index contributed by atoms with van der Waals surface area (Å²) in [6, 6.07) is 6.05. The van der Waals surface area contributed by atoms with Crippen molar-refractivity contribution in [2.45, 2.75) is 46.8 Å². The molecule has 2 N–H and O–H groups in total. The number of nitrogens with one attached hydrogen (secondary N) is 1. The van der Waals surface area contributed by atoms with E-state index in [1.54, 1.807) is 18.7 Å². The Kier molecular flexibility index (Phi) is 5.57. The molecule has 0 aromatic heterocycles. The van der Waals surface area contributed by atoms with Crippen LogP contribution in [0.15, 0.2) is 18.2 Å². The number of urea groups is 1. The van der Waals surface area contributed by atoms with E-state index in [-0.39, 0.29) is 6.03 Å². The zero-order chi connectivity index (χ0) is 15.3. The molecule has 0 unspecified atom stereocenters. The fourth-order valence-corrected chi connectivity index (χ4v) is 2.12. The lowest BCUT2D eigenvalue weighted by Crippen LogP contribution is -2.46. The summed E-state index contributed by atoms with van der Waals surface area (Å²) in [7, 11) is 0. The number of rotatable bonds is 5. The molecular formula is C16H26N2O2. The van der Waals surface area contributed by atoms with E-state index < -0.39 is 5.60 Å². The number of benzene rings is 1. The molecule has 0 saturated heterocycles. The highest BCUT2D eigenvalue weighted by Gasteiger charge is 2.20. The molecule has 0 spiro atoms. The van der Waals surface area contributed by atoms with E-state index in [1.165, 1.54) is 11.1 Å². The van der Waals surface area contributed by atoms with E-state index in [4.69, 9.17) is 0 Å². The van der Waals surface area contributed by atoms with Gasteiger partial charge in [-0.2, -0.15) is 0 Å². The second-order valence-corrected chi connectivity index (χ2v) is 5.92. The third-order valence-electron chi connectivity index (χ3n) is 3.17. The number of hydrogen-bond donors (Lipinski definition) is 2. The van der Waals surface area contributed by atoms with Crippen LogP contribution in [0.3, 0.4) is 0 Å². The Labute approximate surface area is 121 Å². The van der Waals surface area contributed by atoms with Crippen molar-refractivity contribution in [1.82, 2.24) is 10.2 Å². The van der Waals surface area contributed by atoms with Gasteiger partial charge in [0.25, 0.3) is 0 Å². The quantitative estimate of drug-likeness (QED) is 0.870. The van der Waals surface area contributed by atoms with Gasteiger partial charge in [0.05, 0.1) is 12.1 Å². The number of carbonyl (C=O) groups is 1. The highest BCUT2D eigenvalue weighted by molar-refractivity contribution is 5.74. The SMILES string of the molecule is CCN(CC(C)(C)O)C(=O)NCc1ccc(C)cc1C. The molecule has 4 heteroatoms. The van der Waals surface area contributed by atoms with E-state index in [2.05, 4.69) is 18.3 Å². The monoisotopic (exact) mass is 278 g/mol. The van der Waals surface area contributed by atoms with Gasteiger partial charge in [0.15, 0.2) is 0 Å². The zero-order valence-corrected chi connectivity index (χ0v) is 13.2. The zero-order valence-electron chi connectivity index (χ0n) is 13.2. The average Bonchev–Trinajstić information content (AvgIpc) is 2.33. The second kappa shape index (κ2) is 6.75. The minimum Gasteiger partial charge on any atom is -0.389 e. The van der Waals surface area contributed by atoms with E-state index >= 15 is 0 Å². The number of aliphatic hydroxyl groups is 1. The fourth-order valence-electron chi connectivity index (χ4n) is 2.12. The molecule has 0 aliphatic rings. The lowest BCUT2D eigenvalue weighted by molar-refractivity contribution is 0.0480. The second-order valence-electron chi connectivity index (χ2n) is 5.92. The summed E-state index contributed by atoms with van der Waals surface area (Å²) in [4.78, 5) is 13.7. The Morgan fingerprint density at radius 2 is 2.00 bits per heavy atom. The summed E-state index contributed by atoms with van der Waals surface area (Å²) in [5.74, 6) is 0. The highest BCUT2D eigenvalue weighted by Crippen LogP contribution is 2.11. The summed E-state index contributed by atoms with van der Waals surface area (Å²) in [6.45, 7) is 10.8. The van der Waals surface area contributed by atoms with Crippen LogP contribution < -0.4 is 5.32 Å². The molecule has 2 amide bonds. The van der Waals surface area contributed by atoms with Gasteiger partial charge in [0, 0.05) is 13.1 Å². The molecular weight excluding hydrogens is 252 g/mol. The average molecular weight is 278 g/mol. The molecule has 0 aliphatic heterocycles. The first-order chi connectivity index (χ1) is 9.23. The van der Waals surface area contributed by atoms with Crippen molar-refractivity contribution < 1.29 is 9.90 Å². The van der Waals surface area contributed by atoms with Crippen molar-refractivity contribution in [3.63, 3.8) is 0 Å². The Morgan fingerprint density at radius 3 is 2.50 bits per heavy atom. The van der Waals surface area contributed by atoms with E-state index in [9.17, 15) is 9.90 Å². The minimum atomic E-state index is -0.882. The van der Waals surface area contributed by atoms with Gasteiger partial charge < -0.3 is 15.3 Å². The lowest BCUT2D eigenvalue weighted by atomic mass is 10.1. The fraction of sp³-hybridized carbons (Fsp3) is 0.562. The smallest absolute Gasteiger partial charge is 0.317 e. The lowest BCUT2D eigenvalue weighted by Gasteiger charge is -2.28. The maximum atomic E-state index is 12.1. The van der Waals surface area contributed by atoms with Gasteiger partial charge in [-0.25, -0.2) is 4.79 Å². The summed E-state index contributed by atoms with van der Waals surface area (Å²) in [6.07, 6.45) is 0. The van der Waals surface area contributed by atoms with Crippen LogP contribution in [0.5, 0.6) is 0 Å². The largest absolute Gasteiger partial charge is 0.389 e. The Bertz CT molecular complexity index is 464. The molecule has 0 heterocycles. The van der Waals surface area contributed by atoms with Gasteiger partial charge in [-0.05, 0) is 45.7 Å². The summed E-state index contributed by atoms with van der Waals surface area (Å²) in [5, 5.41) is 12.7. The van der Waals surface area contributed by atoms with E-state index in [0.29, 0.717) is 19.6 Å². The molecule has 20 heavy (non-hydrogen) atoms. The van der Waals surface area contributed by atoms with Gasteiger partial charge in [-0.1, -0.05) is 23.8 Å². The first kappa shape index (κ1) is 16.5. The highest BCUT2D eigenvalue weighted by atomic mass is 16.3. The Balaban J connectivity index is 2.61. The molecule has 1 aromatic carbocycles. The molecule has 0 atom stereocenters. The van der Waals surface area contributed by atoms with Gasteiger partial charge in [-0.15, -0.1) is 0 Å². The first-order valence-corrected chi connectivity index (χ1v) is 7.04. The van der Waals surface area contributed by atoms with Crippen molar-refractivity contribution in [1.29, 1.82) is 0 Å². The number of hydrogen-bond acceptors (Lipinski definition) is 2. The number of nitrogens with zero attached hydrogens (tertiary/aromatic N) is 1. The molecule has 0 bridgehead atoms. The topological polar surface area (TPSA) is 52.6 Å². The van der Waals surface area contributed by atoms with Crippen LogP contribution in [-0.4, -0.2) is 34.7 Å². The van der Waals surface area contributed by atoms with Gasteiger partial charge in [0.2, 0.25) is 0 Å². The summed E-state index contributed by atoms with van der Waals surface area (Å²) < 4.78 is 0. The number of aryl methyl sites for hydroxylation is 2. The molecule has 0 fully saturated rings. The Morgan fingerprint density at radius 1 is 1.35 bits per heavy atom. The Hall–Kier alpha value is -1.55. The summed E-state index contributed by atoms with van der Waals surface area (Å²) in [5.41, 5.74) is 2.63. The minimum absolute atomic E-state index is 0.144. The van der Waals surface area contributed by atoms with Gasteiger partial charge in [-0.3, -0.25) is 0 Å². The van der Waals surface area contributed by atoms with Crippen molar-refractivity contribution in [3.05, 3.63) is 34.9 Å². The van der Waals surface area contributed by atoms with E-state index in [0.717, 1.165) is 5.56 Å². The third-order valence-corrected chi connectivity index (χ3v) is 3.17. The molecule has 112 valence electrons. The normalized spacial score (nSPS) is 11.3. The van der Waals surface area contributed by atoms with Crippen molar-refractivity contribution in [2.24, 2.45) is 0 Å². The van der Waals surface area contributed by atoms with Crippen molar-refractivity contribution in [3.8, 4) is 0 Å². The van der Waals surface area contributed by atoms with Crippen molar-refractivity contribution >= 4 is 6.03 Å². The molecule has 0 aliphatic carbocycles. The molecule has 4 nitrogen and oxygen atoms in total. The molecule has 1 aromatic rings. The maximum absolute atomic E-state index is 12.1. The predicted molar refractivity (Wildman–Crippen MR) is 81.7 cm³/mol. The van der Waals surface area contributed by atoms with Crippen LogP contribution in [-0.2, 0) is 6.54 Å². The van der Waals surface area contributed by atoms with Crippen LogP contribution in [0.2, 0.25) is 0 Å². The van der Waals surface area contributed by atoms with E-state index in [1.807, 2.05) is 26.0 Å². The molecule has 0 radical (unpaired) electrons. The third kappa shape index (κ3) is 5.21. The van der Waals surface area contributed by atoms with Gasteiger partial charge in [0.1, 0.15) is 0 Å².